The fraction of sp³-hybridized carbons (Fsp3) is 0.562. The summed E-state index contributed by atoms with van der Waals surface area (Å²) in [5.74, 6) is 0. The van der Waals surface area contributed by atoms with Crippen LogP contribution in [0.5, 0.6) is 0 Å². The van der Waals surface area contributed by atoms with Crippen molar-refractivity contribution < 1.29 is 9.31 Å². The van der Waals surface area contributed by atoms with Gasteiger partial charge in [-0.05, 0) is 52.8 Å². The van der Waals surface area contributed by atoms with Gasteiger partial charge in [0.15, 0.2) is 5.69 Å². The molecule has 21 heavy (non-hydrogen) atoms. The molecule has 1 aliphatic rings. The summed E-state index contributed by atoms with van der Waals surface area (Å²) >= 11 is 0. The molecule has 2 rings (SSSR count). The SMILES string of the molecule is [C-]#[N+]c1cc(CN(C)C)ccc1B1OC(C)(C)C(C)(C)O1. The van der Waals surface area contributed by atoms with Gasteiger partial charge in [0.25, 0.3) is 0 Å². The van der Waals surface area contributed by atoms with Gasteiger partial charge >= 0.3 is 7.12 Å². The van der Waals surface area contributed by atoms with Crippen molar-refractivity contribution in [2.24, 2.45) is 0 Å². The van der Waals surface area contributed by atoms with E-state index in [9.17, 15) is 0 Å². The van der Waals surface area contributed by atoms with Crippen LogP contribution in [-0.4, -0.2) is 37.3 Å². The third kappa shape index (κ3) is 3.13. The molecule has 0 amide bonds. The summed E-state index contributed by atoms with van der Waals surface area (Å²) in [6.45, 7) is 16.3. The molecule has 1 aliphatic heterocycles. The third-order valence-electron chi connectivity index (χ3n) is 4.22. The third-order valence-corrected chi connectivity index (χ3v) is 4.22. The van der Waals surface area contributed by atoms with E-state index in [4.69, 9.17) is 15.9 Å². The van der Waals surface area contributed by atoms with Crippen LogP contribution in [0.3, 0.4) is 0 Å². The highest BCUT2D eigenvalue weighted by Crippen LogP contribution is 2.37. The van der Waals surface area contributed by atoms with Gasteiger partial charge in [-0.25, -0.2) is 4.85 Å². The second-order valence-corrected chi connectivity index (χ2v) is 6.83. The molecule has 1 aromatic rings. The predicted octanol–water partition coefficient (Wildman–Crippen LogP) is 2.60. The molecule has 0 saturated carbocycles. The Morgan fingerprint density at radius 3 is 2.19 bits per heavy atom. The highest BCUT2D eigenvalue weighted by Gasteiger charge is 2.52. The molecule has 112 valence electrons. The van der Waals surface area contributed by atoms with Crippen LogP contribution in [0.25, 0.3) is 4.85 Å². The zero-order chi connectivity index (χ0) is 15.8. The van der Waals surface area contributed by atoms with Crippen molar-refractivity contribution in [3.05, 3.63) is 35.2 Å². The minimum absolute atomic E-state index is 0.390. The van der Waals surface area contributed by atoms with Gasteiger partial charge in [-0.15, -0.1) is 0 Å². The standard InChI is InChI=1S/C16H23BN2O2/c1-15(2)16(3,4)21-17(20-15)13-9-8-12(11-19(6)7)10-14(13)18-5/h8-10H,11H2,1-4,6-7H3. The Bertz CT molecular complexity index is 560. The Balaban J connectivity index is 2.32. The van der Waals surface area contributed by atoms with Gasteiger partial charge in [0, 0.05) is 6.54 Å². The monoisotopic (exact) mass is 286 g/mol. The van der Waals surface area contributed by atoms with Crippen LogP contribution in [0.1, 0.15) is 33.3 Å². The Morgan fingerprint density at radius 1 is 1.14 bits per heavy atom. The first-order chi connectivity index (χ1) is 9.66. The summed E-state index contributed by atoms with van der Waals surface area (Å²) in [5, 5.41) is 0. The fourth-order valence-corrected chi connectivity index (χ4v) is 2.32. The molecule has 0 bridgehead atoms. The zero-order valence-corrected chi connectivity index (χ0v) is 13.7. The van der Waals surface area contributed by atoms with Crippen molar-refractivity contribution >= 4 is 18.3 Å². The molecule has 1 heterocycles. The zero-order valence-electron chi connectivity index (χ0n) is 13.7. The summed E-state index contributed by atoms with van der Waals surface area (Å²) in [6, 6.07) is 5.91. The first-order valence-electron chi connectivity index (χ1n) is 7.17. The fourth-order valence-electron chi connectivity index (χ4n) is 2.32. The van der Waals surface area contributed by atoms with Crippen LogP contribution in [0, 0.1) is 6.57 Å². The van der Waals surface area contributed by atoms with Gasteiger partial charge in [0.1, 0.15) is 0 Å². The molecule has 0 atom stereocenters. The first-order valence-corrected chi connectivity index (χ1v) is 7.17. The predicted molar refractivity (Wildman–Crippen MR) is 85.8 cm³/mol. The highest BCUT2D eigenvalue weighted by atomic mass is 16.7. The van der Waals surface area contributed by atoms with Crippen molar-refractivity contribution in [1.29, 1.82) is 0 Å². The Hall–Kier alpha value is -1.35. The minimum atomic E-state index is -0.479. The van der Waals surface area contributed by atoms with Crippen molar-refractivity contribution in [2.45, 2.75) is 45.4 Å². The van der Waals surface area contributed by atoms with Crippen LogP contribution in [0.4, 0.5) is 5.69 Å². The van der Waals surface area contributed by atoms with Gasteiger partial charge in [0.2, 0.25) is 0 Å². The molecule has 0 unspecified atom stereocenters. The maximum Gasteiger partial charge on any atom is 0.483 e. The molecular weight excluding hydrogens is 263 g/mol. The quantitative estimate of drug-likeness (QED) is 0.631. The minimum Gasteiger partial charge on any atom is -0.400 e. The molecule has 1 saturated heterocycles. The lowest BCUT2D eigenvalue weighted by molar-refractivity contribution is 0.00578. The van der Waals surface area contributed by atoms with Gasteiger partial charge in [0.05, 0.1) is 17.8 Å². The van der Waals surface area contributed by atoms with E-state index in [0.717, 1.165) is 17.6 Å². The van der Waals surface area contributed by atoms with E-state index in [-0.39, 0.29) is 11.2 Å². The summed E-state index contributed by atoms with van der Waals surface area (Å²) in [5.41, 5.74) is 1.75. The van der Waals surface area contributed by atoms with E-state index < -0.39 is 7.12 Å². The lowest BCUT2D eigenvalue weighted by Gasteiger charge is -2.32. The molecule has 1 aromatic carbocycles. The number of nitrogens with zero attached hydrogens (tertiary/aromatic N) is 2. The van der Waals surface area contributed by atoms with Gasteiger partial charge in [-0.1, -0.05) is 18.2 Å². The van der Waals surface area contributed by atoms with E-state index in [1.807, 2.05) is 60.0 Å². The average Bonchev–Trinajstić information content (AvgIpc) is 2.57. The molecule has 0 aliphatic carbocycles. The van der Waals surface area contributed by atoms with Crippen molar-refractivity contribution in [2.75, 3.05) is 14.1 Å². The molecule has 0 aromatic heterocycles. The summed E-state index contributed by atoms with van der Waals surface area (Å²) in [7, 11) is 3.55. The average molecular weight is 286 g/mol. The maximum absolute atomic E-state index is 7.43. The van der Waals surface area contributed by atoms with E-state index in [2.05, 4.69) is 9.74 Å². The summed E-state index contributed by atoms with van der Waals surface area (Å²) in [4.78, 5) is 5.73. The Labute approximate surface area is 128 Å². The summed E-state index contributed by atoms with van der Waals surface area (Å²) in [6.07, 6.45) is 0. The smallest absolute Gasteiger partial charge is 0.400 e. The maximum atomic E-state index is 7.43. The molecule has 0 radical (unpaired) electrons. The van der Waals surface area contributed by atoms with E-state index in [1.54, 1.807) is 0 Å². The first kappa shape index (κ1) is 16.0. The van der Waals surface area contributed by atoms with Crippen LogP contribution < -0.4 is 5.46 Å². The molecule has 4 nitrogen and oxygen atoms in total. The Kier molecular flexibility index (Phi) is 4.16. The lowest BCUT2D eigenvalue weighted by atomic mass is 9.77. The largest absolute Gasteiger partial charge is 0.483 e. The van der Waals surface area contributed by atoms with E-state index in [0.29, 0.717) is 5.69 Å². The molecule has 0 N–H and O–H groups in total. The van der Waals surface area contributed by atoms with E-state index >= 15 is 0 Å². The normalized spacial score (nSPS) is 19.8. The molecule has 5 heteroatoms. The number of hydrogen-bond acceptors (Lipinski definition) is 3. The van der Waals surface area contributed by atoms with Crippen LogP contribution in [-0.2, 0) is 15.9 Å². The van der Waals surface area contributed by atoms with Gasteiger partial charge in [-0.2, -0.15) is 0 Å². The van der Waals surface area contributed by atoms with Crippen molar-refractivity contribution in [3.8, 4) is 0 Å². The van der Waals surface area contributed by atoms with Gasteiger partial charge < -0.3 is 14.2 Å². The van der Waals surface area contributed by atoms with Crippen LogP contribution >= 0.6 is 0 Å². The molecule has 0 spiro atoms. The second-order valence-electron chi connectivity index (χ2n) is 6.83. The molecule has 1 fully saturated rings. The van der Waals surface area contributed by atoms with Crippen LogP contribution in [0.15, 0.2) is 18.2 Å². The number of benzene rings is 1. The highest BCUT2D eigenvalue weighted by molar-refractivity contribution is 6.64. The van der Waals surface area contributed by atoms with Crippen molar-refractivity contribution in [3.63, 3.8) is 0 Å². The topological polar surface area (TPSA) is 26.1 Å². The number of rotatable bonds is 3. The van der Waals surface area contributed by atoms with Gasteiger partial charge in [-0.3, -0.25) is 0 Å². The van der Waals surface area contributed by atoms with Crippen molar-refractivity contribution in [1.82, 2.24) is 4.90 Å². The second kappa shape index (κ2) is 5.45. The summed E-state index contributed by atoms with van der Waals surface area (Å²) < 4.78 is 12.1. The molecular formula is C16H23BN2O2. The Morgan fingerprint density at radius 2 is 1.71 bits per heavy atom. The lowest BCUT2D eigenvalue weighted by Crippen LogP contribution is -2.41. The van der Waals surface area contributed by atoms with Crippen LogP contribution in [0.2, 0.25) is 0 Å². The number of hydrogen-bond donors (Lipinski definition) is 0. The van der Waals surface area contributed by atoms with E-state index in [1.165, 1.54) is 0 Å².